The van der Waals surface area contributed by atoms with Crippen molar-refractivity contribution in [3.63, 3.8) is 0 Å². The van der Waals surface area contributed by atoms with Crippen molar-refractivity contribution in [2.75, 3.05) is 12.3 Å². The smallest absolute Gasteiger partial charge is 0.214 e. The highest BCUT2D eigenvalue weighted by molar-refractivity contribution is 7.89. The van der Waals surface area contributed by atoms with Crippen molar-refractivity contribution in [1.29, 1.82) is 0 Å². The van der Waals surface area contributed by atoms with Crippen molar-refractivity contribution < 1.29 is 8.42 Å². The van der Waals surface area contributed by atoms with Crippen LogP contribution in [-0.2, 0) is 10.0 Å². The molecule has 0 saturated carbocycles. The molecule has 4 nitrogen and oxygen atoms in total. The van der Waals surface area contributed by atoms with Crippen LogP contribution >= 0.6 is 12.2 Å². The Balaban J connectivity index is 3.08. The maximum atomic E-state index is 11.9. The normalized spacial score (nSPS) is 25.7. The molecule has 1 fully saturated rings. The Kier molecular flexibility index (Phi) is 3.73. The maximum absolute atomic E-state index is 11.9. The Bertz CT molecular complexity index is 353. The highest BCUT2D eigenvalue weighted by atomic mass is 32.2. The summed E-state index contributed by atoms with van der Waals surface area (Å²) in [4.78, 5) is 0.260. The number of hydrogen-bond acceptors (Lipinski definition) is 3. The van der Waals surface area contributed by atoms with E-state index in [2.05, 4.69) is 0 Å². The summed E-state index contributed by atoms with van der Waals surface area (Å²) in [6.45, 7) is 4.24. The second-order valence-corrected chi connectivity index (χ2v) is 6.54. The van der Waals surface area contributed by atoms with Crippen molar-refractivity contribution in [3.8, 4) is 0 Å². The van der Waals surface area contributed by atoms with Crippen LogP contribution in [0.3, 0.4) is 0 Å². The molecule has 0 aromatic rings. The van der Waals surface area contributed by atoms with E-state index >= 15 is 0 Å². The number of nitrogens with zero attached hydrogens (tertiary/aromatic N) is 1. The minimum absolute atomic E-state index is 0.213. The maximum Gasteiger partial charge on any atom is 0.214 e. The molecule has 1 rings (SSSR count). The highest BCUT2D eigenvalue weighted by Gasteiger charge is 2.41. The largest absolute Gasteiger partial charge is 0.392 e. The van der Waals surface area contributed by atoms with Crippen LogP contribution in [0.25, 0.3) is 0 Å². The number of hydrogen-bond donors (Lipinski definition) is 1. The third kappa shape index (κ3) is 2.32. The summed E-state index contributed by atoms with van der Waals surface area (Å²) in [6.07, 6.45) is 2.23. The quantitative estimate of drug-likeness (QED) is 0.755. The fourth-order valence-corrected chi connectivity index (χ4v) is 4.17. The second-order valence-electron chi connectivity index (χ2n) is 4.09. The molecule has 1 aliphatic rings. The summed E-state index contributed by atoms with van der Waals surface area (Å²) in [5.74, 6) is 0.213. The summed E-state index contributed by atoms with van der Waals surface area (Å²) in [6, 6.07) is 0. The monoisotopic (exact) mass is 250 g/mol. The van der Waals surface area contributed by atoms with Gasteiger partial charge in [0.2, 0.25) is 10.0 Å². The lowest BCUT2D eigenvalue weighted by molar-refractivity contribution is 0.260. The van der Waals surface area contributed by atoms with Gasteiger partial charge in [-0.25, -0.2) is 8.42 Å². The third-order valence-electron chi connectivity index (χ3n) is 3.12. The van der Waals surface area contributed by atoms with Gasteiger partial charge in [-0.1, -0.05) is 19.1 Å². The molecule has 1 aliphatic heterocycles. The molecule has 1 atom stereocenters. The molecular formula is C9H18N2O2S2. The van der Waals surface area contributed by atoms with Gasteiger partial charge in [0.1, 0.15) is 0 Å². The van der Waals surface area contributed by atoms with Crippen LogP contribution in [0.15, 0.2) is 0 Å². The van der Waals surface area contributed by atoms with Gasteiger partial charge >= 0.3 is 0 Å². The van der Waals surface area contributed by atoms with Gasteiger partial charge in [-0.2, -0.15) is 4.31 Å². The van der Waals surface area contributed by atoms with Gasteiger partial charge in [0.05, 0.1) is 16.3 Å². The molecule has 1 heterocycles. The van der Waals surface area contributed by atoms with E-state index in [0.717, 1.165) is 12.8 Å². The van der Waals surface area contributed by atoms with E-state index < -0.39 is 15.6 Å². The van der Waals surface area contributed by atoms with Crippen molar-refractivity contribution in [2.24, 2.45) is 5.73 Å². The Morgan fingerprint density at radius 2 is 2.13 bits per heavy atom. The standard InChI is InChI=1S/C9H18N2O2S2/c1-3-9(2,8(10)14)11-6-4-5-7-15(11,12)13/h3-7H2,1-2H3,(H2,10,14). The van der Waals surface area contributed by atoms with E-state index in [4.69, 9.17) is 18.0 Å². The predicted octanol–water partition coefficient (Wildman–Crippen LogP) is 0.867. The number of rotatable bonds is 3. The SMILES string of the molecule is CCC(C)(C(N)=S)N1CCCCS1(=O)=O. The minimum Gasteiger partial charge on any atom is -0.392 e. The molecule has 0 bridgehead atoms. The highest BCUT2D eigenvalue weighted by Crippen LogP contribution is 2.27. The molecule has 0 aromatic heterocycles. The van der Waals surface area contributed by atoms with E-state index in [1.54, 1.807) is 6.92 Å². The fraction of sp³-hybridized carbons (Fsp3) is 0.889. The summed E-state index contributed by atoms with van der Waals surface area (Å²) in [5, 5.41) is 0. The molecule has 0 amide bonds. The third-order valence-corrected chi connectivity index (χ3v) is 5.62. The first-order valence-electron chi connectivity index (χ1n) is 5.15. The Morgan fingerprint density at radius 1 is 1.53 bits per heavy atom. The zero-order valence-electron chi connectivity index (χ0n) is 9.19. The first-order chi connectivity index (χ1) is 6.84. The predicted molar refractivity (Wildman–Crippen MR) is 65.2 cm³/mol. The Hall–Kier alpha value is -0.200. The van der Waals surface area contributed by atoms with E-state index in [-0.39, 0.29) is 10.7 Å². The molecule has 0 radical (unpaired) electrons. The molecule has 6 heteroatoms. The number of nitrogens with two attached hydrogens (primary N) is 1. The Morgan fingerprint density at radius 3 is 2.53 bits per heavy atom. The van der Waals surface area contributed by atoms with Crippen molar-refractivity contribution >= 4 is 27.2 Å². The van der Waals surface area contributed by atoms with E-state index in [0.29, 0.717) is 13.0 Å². The van der Waals surface area contributed by atoms with Gasteiger partial charge in [-0.3, -0.25) is 0 Å². The molecule has 88 valence electrons. The molecule has 0 spiro atoms. The van der Waals surface area contributed by atoms with Crippen LogP contribution in [-0.4, -0.2) is 35.5 Å². The molecule has 0 aliphatic carbocycles. The summed E-state index contributed by atoms with van der Waals surface area (Å²) in [5.41, 5.74) is 4.96. The van der Waals surface area contributed by atoms with Crippen LogP contribution in [0.5, 0.6) is 0 Å². The lowest BCUT2D eigenvalue weighted by atomic mass is 9.98. The van der Waals surface area contributed by atoms with Crippen LogP contribution in [0.2, 0.25) is 0 Å². The van der Waals surface area contributed by atoms with Crippen molar-refractivity contribution in [3.05, 3.63) is 0 Å². The van der Waals surface area contributed by atoms with Gasteiger partial charge < -0.3 is 5.73 Å². The average Bonchev–Trinajstić information content (AvgIpc) is 2.15. The van der Waals surface area contributed by atoms with Gasteiger partial charge in [-0.05, 0) is 26.2 Å². The van der Waals surface area contributed by atoms with E-state index in [9.17, 15) is 8.42 Å². The topological polar surface area (TPSA) is 63.4 Å². The van der Waals surface area contributed by atoms with Gasteiger partial charge in [0, 0.05) is 6.54 Å². The van der Waals surface area contributed by atoms with E-state index in [1.807, 2.05) is 6.92 Å². The fourth-order valence-electron chi connectivity index (χ4n) is 1.82. The van der Waals surface area contributed by atoms with Gasteiger partial charge in [0.25, 0.3) is 0 Å². The molecule has 15 heavy (non-hydrogen) atoms. The van der Waals surface area contributed by atoms with Crippen LogP contribution in [0.4, 0.5) is 0 Å². The summed E-state index contributed by atoms with van der Waals surface area (Å²) < 4.78 is 25.3. The summed E-state index contributed by atoms with van der Waals surface area (Å²) >= 11 is 4.98. The zero-order valence-corrected chi connectivity index (χ0v) is 10.8. The molecule has 0 aromatic carbocycles. The van der Waals surface area contributed by atoms with Crippen LogP contribution in [0.1, 0.15) is 33.1 Å². The molecular weight excluding hydrogens is 232 g/mol. The minimum atomic E-state index is -3.17. The zero-order chi connectivity index (χ0) is 11.7. The second kappa shape index (κ2) is 4.35. The van der Waals surface area contributed by atoms with Crippen molar-refractivity contribution in [2.45, 2.75) is 38.6 Å². The van der Waals surface area contributed by atoms with Crippen molar-refractivity contribution in [1.82, 2.24) is 4.31 Å². The number of sulfonamides is 1. The molecule has 1 saturated heterocycles. The van der Waals surface area contributed by atoms with Crippen LogP contribution < -0.4 is 5.73 Å². The van der Waals surface area contributed by atoms with E-state index in [1.165, 1.54) is 4.31 Å². The molecule has 1 unspecified atom stereocenters. The van der Waals surface area contributed by atoms with Gasteiger partial charge in [-0.15, -0.1) is 0 Å². The molecule has 2 N–H and O–H groups in total. The number of thiocarbonyl (C=S) groups is 1. The average molecular weight is 250 g/mol. The lowest BCUT2D eigenvalue weighted by Crippen LogP contribution is -2.58. The summed E-state index contributed by atoms with van der Waals surface area (Å²) in [7, 11) is -3.17. The first-order valence-corrected chi connectivity index (χ1v) is 7.17. The lowest BCUT2D eigenvalue weighted by Gasteiger charge is -2.40. The van der Waals surface area contributed by atoms with Crippen LogP contribution in [0, 0.1) is 0 Å². The Labute approximate surface area is 96.9 Å². The van der Waals surface area contributed by atoms with Gasteiger partial charge in [0.15, 0.2) is 0 Å². The first kappa shape index (κ1) is 12.9.